The van der Waals surface area contributed by atoms with Crippen molar-refractivity contribution >= 4 is 17.8 Å². The van der Waals surface area contributed by atoms with Crippen LogP contribution < -0.4 is 4.90 Å². The fraction of sp³-hybridized carbons (Fsp3) is 0.200. The molecule has 0 fully saturated rings. The van der Waals surface area contributed by atoms with Crippen LogP contribution in [0.25, 0.3) is 0 Å². The van der Waals surface area contributed by atoms with Crippen molar-refractivity contribution in [1.82, 2.24) is 0 Å². The summed E-state index contributed by atoms with van der Waals surface area (Å²) < 4.78 is 0. The zero-order valence-corrected chi connectivity index (χ0v) is 7.80. The molecule has 0 aliphatic heterocycles. The van der Waals surface area contributed by atoms with E-state index in [0.717, 1.165) is 5.69 Å². The summed E-state index contributed by atoms with van der Waals surface area (Å²) in [5.74, 6) is 0. The SMILES string of the molecule is CCN(C(=O)N=C=O)c1ccccc1. The van der Waals surface area contributed by atoms with Gasteiger partial charge in [0.25, 0.3) is 0 Å². The maximum absolute atomic E-state index is 11.3. The fourth-order valence-electron chi connectivity index (χ4n) is 1.14. The van der Waals surface area contributed by atoms with Gasteiger partial charge in [-0.25, -0.2) is 9.59 Å². The number of urea groups is 1. The van der Waals surface area contributed by atoms with Gasteiger partial charge in [0.05, 0.1) is 0 Å². The summed E-state index contributed by atoms with van der Waals surface area (Å²) in [7, 11) is 0. The summed E-state index contributed by atoms with van der Waals surface area (Å²) in [5, 5.41) is 0. The average Bonchev–Trinajstić information content (AvgIpc) is 2.21. The van der Waals surface area contributed by atoms with Crippen molar-refractivity contribution in [3.63, 3.8) is 0 Å². The van der Waals surface area contributed by atoms with E-state index in [9.17, 15) is 9.59 Å². The van der Waals surface area contributed by atoms with Crippen LogP contribution in [0.5, 0.6) is 0 Å². The van der Waals surface area contributed by atoms with E-state index in [1.807, 2.05) is 25.1 Å². The molecule has 72 valence electrons. The third kappa shape index (κ3) is 2.28. The van der Waals surface area contributed by atoms with E-state index in [1.54, 1.807) is 12.1 Å². The summed E-state index contributed by atoms with van der Waals surface area (Å²) in [6, 6.07) is 8.45. The number of rotatable bonds is 2. The second kappa shape index (κ2) is 4.94. The minimum absolute atomic E-state index is 0.466. The van der Waals surface area contributed by atoms with Crippen LogP contribution in [0.4, 0.5) is 10.5 Å². The third-order valence-electron chi connectivity index (χ3n) is 1.76. The number of isocyanates is 1. The summed E-state index contributed by atoms with van der Waals surface area (Å²) >= 11 is 0. The van der Waals surface area contributed by atoms with Crippen LogP contribution in [-0.4, -0.2) is 18.7 Å². The Balaban J connectivity index is 2.93. The van der Waals surface area contributed by atoms with Gasteiger partial charge < -0.3 is 0 Å². The lowest BCUT2D eigenvalue weighted by Crippen LogP contribution is -2.27. The summed E-state index contributed by atoms with van der Waals surface area (Å²) in [6.45, 7) is 2.28. The highest BCUT2D eigenvalue weighted by Crippen LogP contribution is 2.13. The molecule has 4 heteroatoms. The normalized spacial score (nSPS) is 8.93. The highest BCUT2D eigenvalue weighted by molar-refractivity contribution is 5.94. The molecule has 0 spiro atoms. The van der Waals surface area contributed by atoms with Gasteiger partial charge in [0, 0.05) is 12.2 Å². The molecule has 2 amide bonds. The third-order valence-corrected chi connectivity index (χ3v) is 1.76. The first-order valence-electron chi connectivity index (χ1n) is 4.24. The Morgan fingerprint density at radius 1 is 1.43 bits per heavy atom. The van der Waals surface area contributed by atoms with Gasteiger partial charge in [-0.2, -0.15) is 0 Å². The van der Waals surface area contributed by atoms with E-state index in [0.29, 0.717) is 6.54 Å². The molecule has 1 rings (SSSR count). The Morgan fingerprint density at radius 2 is 2.07 bits per heavy atom. The van der Waals surface area contributed by atoms with Crippen molar-refractivity contribution < 1.29 is 9.59 Å². The van der Waals surface area contributed by atoms with Crippen LogP contribution in [0.3, 0.4) is 0 Å². The van der Waals surface area contributed by atoms with Crippen LogP contribution in [0, 0.1) is 0 Å². The molecule has 14 heavy (non-hydrogen) atoms. The molecule has 0 unspecified atom stereocenters. The monoisotopic (exact) mass is 190 g/mol. The summed E-state index contributed by atoms with van der Waals surface area (Å²) in [6.07, 6.45) is 1.24. The lowest BCUT2D eigenvalue weighted by atomic mass is 10.3. The van der Waals surface area contributed by atoms with Gasteiger partial charge in [-0.05, 0) is 19.1 Å². The fourth-order valence-corrected chi connectivity index (χ4v) is 1.14. The van der Waals surface area contributed by atoms with E-state index < -0.39 is 6.03 Å². The number of nitrogens with zero attached hydrogens (tertiary/aromatic N) is 2. The first-order valence-corrected chi connectivity index (χ1v) is 4.24. The number of hydrogen-bond acceptors (Lipinski definition) is 2. The molecule has 0 aromatic heterocycles. The quantitative estimate of drug-likeness (QED) is 0.528. The van der Waals surface area contributed by atoms with E-state index in [4.69, 9.17) is 0 Å². The largest absolute Gasteiger partial charge is 0.358 e. The van der Waals surface area contributed by atoms with Crippen LogP contribution in [0.15, 0.2) is 35.3 Å². The molecule has 0 aliphatic rings. The number of carbonyl (C=O) groups excluding carboxylic acids is 2. The van der Waals surface area contributed by atoms with Gasteiger partial charge in [0.2, 0.25) is 6.08 Å². The average molecular weight is 190 g/mol. The molecular formula is C10H10N2O2. The Morgan fingerprint density at radius 3 is 2.57 bits per heavy atom. The van der Waals surface area contributed by atoms with Crippen molar-refractivity contribution in [2.45, 2.75) is 6.92 Å². The number of benzene rings is 1. The number of hydrogen-bond donors (Lipinski definition) is 0. The predicted molar refractivity (Wildman–Crippen MR) is 53.0 cm³/mol. The number of carbonyl (C=O) groups is 1. The van der Waals surface area contributed by atoms with Gasteiger partial charge in [-0.15, -0.1) is 4.99 Å². The van der Waals surface area contributed by atoms with Gasteiger partial charge in [0.15, 0.2) is 0 Å². The van der Waals surface area contributed by atoms with Crippen molar-refractivity contribution in [2.75, 3.05) is 11.4 Å². The Bertz CT molecular complexity index is 356. The number of para-hydroxylation sites is 1. The highest BCUT2D eigenvalue weighted by Gasteiger charge is 2.11. The van der Waals surface area contributed by atoms with Crippen molar-refractivity contribution in [3.05, 3.63) is 30.3 Å². The molecule has 0 aliphatic carbocycles. The topological polar surface area (TPSA) is 49.7 Å². The molecule has 0 saturated carbocycles. The second-order valence-electron chi connectivity index (χ2n) is 2.57. The maximum Gasteiger partial charge on any atom is 0.358 e. The number of amides is 2. The zero-order chi connectivity index (χ0) is 10.4. The Hall–Kier alpha value is -1.93. The zero-order valence-electron chi connectivity index (χ0n) is 7.80. The predicted octanol–water partition coefficient (Wildman–Crippen LogP) is 1.97. The second-order valence-corrected chi connectivity index (χ2v) is 2.57. The minimum atomic E-state index is -0.589. The lowest BCUT2D eigenvalue weighted by molar-refractivity contribution is 0.254. The van der Waals surface area contributed by atoms with Gasteiger partial charge in [0.1, 0.15) is 0 Å². The highest BCUT2D eigenvalue weighted by atomic mass is 16.2. The molecule has 0 bridgehead atoms. The first kappa shape index (κ1) is 10.2. The van der Waals surface area contributed by atoms with Gasteiger partial charge in [-0.3, -0.25) is 4.90 Å². The molecule has 1 aromatic rings. The molecule has 0 atom stereocenters. The van der Waals surface area contributed by atoms with E-state index in [1.165, 1.54) is 11.0 Å². The lowest BCUT2D eigenvalue weighted by Gasteiger charge is -2.16. The summed E-state index contributed by atoms with van der Waals surface area (Å²) in [4.78, 5) is 25.6. The Kier molecular flexibility index (Phi) is 3.58. The molecule has 0 heterocycles. The number of anilines is 1. The van der Waals surface area contributed by atoms with E-state index >= 15 is 0 Å². The number of aliphatic imine (C=N–C) groups is 1. The first-order chi connectivity index (χ1) is 6.79. The van der Waals surface area contributed by atoms with E-state index in [2.05, 4.69) is 4.99 Å². The van der Waals surface area contributed by atoms with Crippen LogP contribution in [0.2, 0.25) is 0 Å². The molecule has 0 N–H and O–H groups in total. The van der Waals surface area contributed by atoms with Gasteiger partial charge in [-0.1, -0.05) is 18.2 Å². The van der Waals surface area contributed by atoms with Gasteiger partial charge >= 0.3 is 6.03 Å². The molecule has 1 aromatic carbocycles. The Labute approximate surface area is 81.9 Å². The molecule has 0 saturated heterocycles. The minimum Gasteiger partial charge on any atom is -0.292 e. The molecule has 0 radical (unpaired) electrons. The molecular weight excluding hydrogens is 180 g/mol. The standard InChI is InChI=1S/C10H10N2O2/c1-2-12(10(14)11-8-13)9-6-4-3-5-7-9/h3-7H,2H2,1H3. The van der Waals surface area contributed by atoms with Crippen LogP contribution in [0.1, 0.15) is 6.92 Å². The van der Waals surface area contributed by atoms with Crippen LogP contribution in [-0.2, 0) is 4.79 Å². The van der Waals surface area contributed by atoms with Crippen molar-refractivity contribution in [2.24, 2.45) is 4.99 Å². The summed E-state index contributed by atoms with van der Waals surface area (Å²) in [5.41, 5.74) is 0.721. The maximum atomic E-state index is 11.3. The van der Waals surface area contributed by atoms with Crippen molar-refractivity contribution in [3.8, 4) is 0 Å². The smallest absolute Gasteiger partial charge is 0.292 e. The van der Waals surface area contributed by atoms with E-state index in [-0.39, 0.29) is 0 Å². The molecule has 4 nitrogen and oxygen atoms in total. The van der Waals surface area contributed by atoms with Crippen molar-refractivity contribution in [1.29, 1.82) is 0 Å². The van der Waals surface area contributed by atoms with Crippen LogP contribution >= 0.6 is 0 Å².